The van der Waals surface area contributed by atoms with Gasteiger partial charge in [0, 0.05) is 19.2 Å². The Kier molecular flexibility index (Phi) is 5.03. The Hall–Kier alpha value is -2.50. The van der Waals surface area contributed by atoms with Crippen LogP contribution in [-0.2, 0) is 0 Å². The lowest BCUT2D eigenvalue weighted by Crippen LogP contribution is -2.32. The van der Waals surface area contributed by atoms with Crippen molar-refractivity contribution in [1.82, 2.24) is 14.9 Å². The quantitative estimate of drug-likeness (QED) is 0.934. The third kappa shape index (κ3) is 3.88. The van der Waals surface area contributed by atoms with E-state index in [0.717, 1.165) is 38.8 Å². The Morgan fingerprint density at radius 1 is 1.12 bits per heavy atom. The lowest BCUT2D eigenvalue weighted by atomic mass is 10.2. The molecule has 0 bridgehead atoms. The van der Waals surface area contributed by atoms with Crippen LogP contribution in [0.5, 0.6) is 0 Å². The summed E-state index contributed by atoms with van der Waals surface area (Å²) in [4.78, 5) is 23.1. The van der Waals surface area contributed by atoms with Crippen molar-refractivity contribution < 1.29 is 9.18 Å². The van der Waals surface area contributed by atoms with Crippen LogP contribution in [0.15, 0.2) is 30.3 Å². The van der Waals surface area contributed by atoms with Crippen LogP contribution in [0.1, 0.15) is 42.0 Å². The number of likely N-dealkylation sites (tertiary alicyclic amines) is 1. The molecule has 1 aromatic heterocycles. The Balaban J connectivity index is 1.83. The number of carbonyl (C=O) groups excluding carboxylic acids is 1. The molecule has 0 saturated carbocycles. The van der Waals surface area contributed by atoms with E-state index in [-0.39, 0.29) is 11.7 Å². The van der Waals surface area contributed by atoms with Gasteiger partial charge in [-0.3, -0.25) is 4.79 Å². The first-order valence-electron chi connectivity index (χ1n) is 8.30. The minimum atomic E-state index is -0.367. The van der Waals surface area contributed by atoms with Gasteiger partial charge in [-0.25, -0.2) is 14.4 Å². The number of carbonyl (C=O) groups is 1. The fraction of sp³-hybridized carbons (Fsp3) is 0.389. The Labute approximate surface area is 140 Å². The second-order valence-corrected chi connectivity index (χ2v) is 6.00. The van der Waals surface area contributed by atoms with E-state index < -0.39 is 0 Å². The molecule has 2 heterocycles. The maximum atomic E-state index is 13.8. The number of amides is 1. The standard InChI is InChI=1S/C18H21FN4O/c1-13-20-16(18(24)23-10-6-2-3-7-11-23)12-17(21-13)22-15-9-5-4-8-14(15)19/h4-5,8-9,12H,2-3,6-7,10-11H2,1H3,(H,20,21,22). The van der Waals surface area contributed by atoms with Gasteiger partial charge in [0.05, 0.1) is 5.69 Å². The van der Waals surface area contributed by atoms with Gasteiger partial charge < -0.3 is 10.2 Å². The fourth-order valence-corrected chi connectivity index (χ4v) is 2.88. The number of halogens is 1. The number of rotatable bonds is 3. The number of hydrogen-bond acceptors (Lipinski definition) is 4. The van der Waals surface area contributed by atoms with Gasteiger partial charge in [-0.1, -0.05) is 25.0 Å². The van der Waals surface area contributed by atoms with E-state index >= 15 is 0 Å². The summed E-state index contributed by atoms with van der Waals surface area (Å²) < 4.78 is 13.8. The molecule has 5 nitrogen and oxygen atoms in total. The first-order chi connectivity index (χ1) is 11.6. The Bertz CT molecular complexity index is 727. The van der Waals surface area contributed by atoms with Gasteiger partial charge in [0.2, 0.25) is 0 Å². The molecule has 0 atom stereocenters. The highest BCUT2D eigenvalue weighted by Crippen LogP contribution is 2.20. The van der Waals surface area contributed by atoms with Gasteiger partial charge in [0.15, 0.2) is 0 Å². The van der Waals surface area contributed by atoms with Crippen LogP contribution in [0.4, 0.5) is 15.9 Å². The molecule has 0 aliphatic carbocycles. The molecular weight excluding hydrogens is 307 g/mol. The van der Waals surface area contributed by atoms with E-state index in [0.29, 0.717) is 23.0 Å². The molecule has 1 fully saturated rings. The van der Waals surface area contributed by atoms with Gasteiger partial charge in [-0.15, -0.1) is 0 Å². The predicted molar refractivity (Wildman–Crippen MR) is 90.8 cm³/mol. The number of para-hydroxylation sites is 1. The number of aromatic nitrogens is 2. The highest BCUT2D eigenvalue weighted by molar-refractivity contribution is 5.93. The van der Waals surface area contributed by atoms with Crippen molar-refractivity contribution in [2.24, 2.45) is 0 Å². The number of anilines is 2. The first kappa shape index (κ1) is 16.4. The van der Waals surface area contributed by atoms with E-state index in [1.165, 1.54) is 6.07 Å². The van der Waals surface area contributed by atoms with Gasteiger partial charge >= 0.3 is 0 Å². The van der Waals surface area contributed by atoms with Gasteiger partial charge in [-0.2, -0.15) is 0 Å². The average molecular weight is 328 g/mol. The van der Waals surface area contributed by atoms with Crippen molar-refractivity contribution in [3.05, 3.63) is 47.7 Å². The fourth-order valence-electron chi connectivity index (χ4n) is 2.88. The number of hydrogen-bond donors (Lipinski definition) is 1. The molecule has 2 aromatic rings. The summed E-state index contributed by atoms with van der Waals surface area (Å²) in [5.41, 5.74) is 0.673. The molecule has 0 spiro atoms. The van der Waals surface area contributed by atoms with Crippen LogP contribution in [0.25, 0.3) is 0 Å². The molecule has 126 valence electrons. The average Bonchev–Trinajstić information content (AvgIpc) is 2.85. The first-order valence-corrected chi connectivity index (χ1v) is 8.30. The number of benzene rings is 1. The highest BCUT2D eigenvalue weighted by Gasteiger charge is 2.19. The molecule has 0 unspecified atom stereocenters. The van der Waals surface area contributed by atoms with E-state index in [2.05, 4.69) is 15.3 Å². The van der Waals surface area contributed by atoms with Crippen molar-refractivity contribution in [2.45, 2.75) is 32.6 Å². The number of nitrogens with zero attached hydrogens (tertiary/aromatic N) is 3. The summed E-state index contributed by atoms with van der Waals surface area (Å²) in [5.74, 6) is 0.452. The van der Waals surface area contributed by atoms with E-state index in [9.17, 15) is 9.18 Å². The predicted octanol–water partition coefficient (Wildman–Crippen LogP) is 3.68. The van der Waals surface area contributed by atoms with E-state index in [1.807, 2.05) is 4.90 Å². The molecule has 0 radical (unpaired) electrons. The maximum Gasteiger partial charge on any atom is 0.272 e. The SMILES string of the molecule is Cc1nc(Nc2ccccc2F)cc(C(=O)N2CCCCCC2)n1. The summed E-state index contributed by atoms with van der Waals surface area (Å²) in [6.07, 6.45) is 4.37. The molecule has 3 rings (SSSR count). The Morgan fingerprint density at radius 3 is 2.54 bits per heavy atom. The molecule has 1 aromatic carbocycles. The van der Waals surface area contributed by atoms with Crippen LogP contribution in [-0.4, -0.2) is 33.9 Å². The summed E-state index contributed by atoms with van der Waals surface area (Å²) in [5, 5.41) is 2.93. The van der Waals surface area contributed by atoms with Gasteiger partial charge in [-0.05, 0) is 31.9 Å². The van der Waals surface area contributed by atoms with Crippen LogP contribution in [0, 0.1) is 12.7 Å². The summed E-state index contributed by atoms with van der Waals surface area (Å²) >= 11 is 0. The van der Waals surface area contributed by atoms with Crippen LogP contribution < -0.4 is 5.32 Å². The van der Waals surface area contributed by atoms with Crippen molar-refractivity contribution in [3.8, 4) is 0 Å². The zero-order valence-corrected chi connectivity index (χ0v) is 13.8. The largest absolute Gasteiger partial charge is 0.338 e. The van der Waals surface area contributed by atoms with Crippen LogP contribution in [0.3, 0.4) is 0 Å². The molecular formula is C18H21FN4O. The summed E-state index contributed by atoms with van der Waals surface area (Å²) in [6.45, 7) is 3.25. The normalized spacial score (nSPS) is 15.0. The van der Waals surface area contributed by atoms with E-state index in [1.54, 1.807) is 31.2 Å². The monoisotopic (exact) mass is 328 g/mol. The minimum Gasteiger partial charge on any atom is -0.338 e. The van der Waals surface area contributed by atoms with Gasteiger partial charge in [0.1, 0.15) is 23.2 Å². The second kappa shape index (κ2) is 7.38. The smallest absolute Gasteiger partial charge is 0.272 e. The lowest BCUT2D eigenvalue weighted by Gasteiger charge is -2.20. The summed E-state index contributed by atoms with van der Waals surface area (Å²) in [7, 11) is 0. The lowest BCUT2D eigenvalue weighted by molar-refractivity contribution is 0.0755. The van der Waals surface area contributed by atoms with Crippen LogP contribution in [0.2, 0.25) is 0 Å². The van der Waals surface area contributed by atoms with Crippen molar-refractivity contribution in [3.63, 3.8) is 0 Å². The zero-order valence-electron chi connectivity index (χ0n) is 13.8. The number of nitrogens with one attached hydrogen (secondary N) is 1. The molecule has 1 saturated heterocycles. The van der Waals surface area contributed by atoms with E-state index in [4.69, 9.17) is 0 Å². The van der Waals surface area contributed by atoms with Crippen molar-refractivity contribution in [2.75, 3.05) is 18.4 Å². The molecule has 1 amide bonds. The maximum absolute atomic E-state index is 13.8. The Morgan fingerprint density at radius 2 is 1.83 bits per heavy atom. The molecule has 1 aliphatic rings. The van der Waals surface area contributed by atoms with Crippen molar-refractivity contribution in [1.29, 1.82) is 0 Å². The summed E-state index contributed by atoms with van der Waals surface area (Å²) in [6, 6.07) is 7.96. The number of aryl methyl sites for hydroxylation is 1. The highest BCUT2D eigenvalue weighted by atomic mass is 19.1. The molecule has 1 N–H and O–H groups in total. The zero-order chi connectivity index (χ0) is 16.9. The molecule has 1 aliphatic heterocycles. The van der Waals surface area contributed by atoms with Crippen molar-refractivity contribution >= 4 is 17.4 Å². The van der Waals surface area contributed by atoms with Crippen LogP contribution >= 0.6 is 0 Å². The molecule has 24 heavy (non-hydrogen) atoms. The minimum absolute atomic E-state index is 0.0843. The topological polar surface area (TPSA) is 58.1 Å². The third-order valence-corrected chi connectivity index (χ3v) is 4.09. The molecule has 6 heteroatoms. The third-order valence-electron chi connectivity index (χ3n) is 4.09. The second-order valence-electron chi connectivity index (χ2n) is 6.00. The van der Waals surface area contributed by atoms with Gasteiger partial charge in [0.25, 0.3) is 5.91 Å².